The lowest BCUT2D eigenvalue weighted by molar-refractivity contribution is 0.0693. The zero-order chi connectivity index (χ0) is 20.5. The molecular formula is C25H25N3O2. The van der Waals surface area contributed by atoms with Gasteiger partial charge >= 0.3 is 0 Å². The average Bonchev–Trinajstić information content (AvgIpc) is 3.42. The smallest absolute Gasteiger partial charge is 0.270 e. The Morgan fingerprint density at radius 1 is 1.20 bits per heavy atom. The van der Waals surface area contributed by atoms with Crippen LogP contribution in [-0.2, 0) is 6.42 Å². The Kier molecular flexibility index (Phi) is 4.87. The number of likely N-dealkylation sites (tertiary alicyclic amines) is 1. The van der Waals surface area contributed by atoms with Crippen molar-refractivity contribution >= 4 is 16.8 Å². The summed E-state index contributed by atoms with van der Waals surface area (Å²) < 4.78 is 6.07. The molecule has 1 unspecified atom stereocenters. The van der Waals surface area contributed by atoms with Gasteiger partial charge in [-0.2, -0.15) is 0 Å². The lowest BCUT2D eigenvalue weighted by Gasteiger charge is -2.31. The number of aromatic amines is 1. The van der Waals surface area contributed by atoms with E-state index in [-0.39, 0.29) is 11.8 Å². The van der Waals surface area contributed by atoms with Gasteiger partial charge in [0.25, 0.3) is 5.91 Å². The van der Waals surface area contributed by atoms with Crippen LogP contribution in [0.1, 0.15) is 52.0 Å². The highest BCUT2D eigenvalue weighted by atomic mass is 16.4. The van der Waals surface area contributed by atoms with Crippen molar-refractivity contribution in [3.05, 3.63) is 89.3 Å². The number of aryl methyl sites for hydroxylation is 1. The molecule has 0 radical (unpaired) electrons. The summed E-state index contributed by atoms with van der Waals surface area (Å²) >= 11 is 0. The first-order chi connectivity index (χ1) is 14.7. The number of benzene rings is 2. The van der Waals surface area contributed by atoms with Crippen LogP contribution in [-0.4, -0.2) is 33.9 Å². The summed E-state index contributed by atoms with van der Waals surface area (Å²) in [4.78, 5) is 22.9. The third-order valence-electron chi connectivity index (χ3n) is 5.96. The standard InChI is InChI=1S/C25H25N3O2/c1-17-7-5-11-22-21(17)14-23(27-22)25(29)28-12-6-10-19(16-28)24-26-15-20(30-24)13-18-8-3-2-4-9-18/h2-5,7-9,11,14-15,19,27H,6,10,12-13,16H2,1H3. The summed E-state index contributed by atoms with van der Waals surface area (Å²) in [6.07, 6.45) is 4.49. The zero-order valence-electron chi connectivity index (χ0n) is 17.1. The van der Waals surface area contributed by atoms with Gasteiger partial charge in [-0.25, -0.2) is 4.98 Å². The van der Waals surface area contributed by atoms with Crippen LogP contribution in [0.4, 0.5) is 0 Å². The fourth-order valence-electron chi connectivity index (χ4n) is 4.35. The van der Waals surface area contributed by atoms with E-state index in [0.717, 1.165) is 48.4 Å². The van der Waals surface area contributed by atoms with Crippen LogP contribution >= 0.6 is 0 Å². The number of nitrogens with one attached hydrogen (secondary N) is 1. The van der Waals surface area contributed by atoms with Crippen LogP contribution in [0.5, 0.6) is 0 Å². The minimum absolute atomic E-state index is 0.0476. The van der Waals surface area contributed by atoms with Gasteiger partial charge in [0.05, 0.1) is 12.1 Å². The van der Waals surface area contributed by atoms with Crippen molar-refractivity contribution in [1.29, 1.82) is 0 Å². The molecule has 5 rings (SSSR count). The number of hydrogen-bond acceptors (Lipinski definition) is 3. The Morgan fingerprint density at radius 2 is 2.07 bits per heavy atom. The van der Waals surface area contributed by atoms with Crippen molar-refractivity contribution in [2.45, 2.75) is 32.1 Å². The number of amides is 1. The second-order valence-electron chi connectivity index (χ2n) is 8.14. The molecule has 152 valence electrons. The lowest BCUT2D eigenvalue weighted by Crippen LogP contribution is -2.39. The van der Waals surface area contributed by atoms with E-state index in [0.29, 0.717) is 12.2 Å². The maximum Gasteiger partial charge on any atom is 0.270 e. The number of rotatable bonds is 4. The summed E-state index contributed by atoms with van der Waals surface area (Å²) in [7, 11) is 0. The monoisotopic (exact) mass is 399 g/mol. The van der Waals surface area contributed by atoms with Gasteiger partial charge < -0.3 is 14.3 Å². The largest absolute Gasteiger partial charge is 0.445 e. The first kappa shape index (κ1) is 18.7. The van der Waals surface area contributed by atoms with Gasteiger partial charge in [0.15, 0.2) is 5.89 Å². The Balaban J connectivity index is 1.31. The van der Waals surface area contributed by atoms with E-state index in [1.54, 1.807) is 0 Å². The van der Waals surface area contributed by atoms with E-state index < -0.39 is 0 Å². The van der Waals surface area contributed by atoms with Crippen molar-refractivity contribution in [2.24, 2.45) is 0 Å². The van der Waals surface area contributed by atoms with Crippen LogP contribution in [0, 0.1) is 6.92 Å². The molecular weight excluding hydrogens is 374 g/mol. The summed E-state index contributed by atoms with van der Waals surface area (Å²) in [6.45, 7) is 3.47. The topological polar surface area (TPSA) is 62.1 Å². The Bertz CT molecular complexity index is 1180. The van der Waals surface area contributed by atoms with Crippen LogP contribution in [0.3, 0.4) is 0 Å². The van der Waals surface area contributed by atoms with Crippen molar-refractivity contribution in [2.75, 3.05) is 13.1 Å². The summed E-state index contributed by atoms with van der Waals surface area (Å²) in [5, 5.41) is 1.10. The number of nitrogens with zero attached hydrogens (tertiary/aromatic N) is 2. The number of carbonyl (C=O) groups is 1. The fraction of sp³-hybridized carbons (Fsp3) is 0.280. The second kappa shape index (κ2) is 7.82. The number of carbonyl (C=O) groups excluding carboxylic acids is 1. The first-order valence-electron chi connectivity index (χ1n) is 10.5. The van der Waals surface area contributed by atoms with Gasteiger partial charge in [-0.15, -0.1) is 0 Å². The molecule has 2 aromatic heterocycles. The van der Waals surface area contributed by atoms with E-state index in [2.05, 4.69) is 35.1 Å². The molecule has 3 heterocycles. The Hall–Kier alpha value is -3.34. The molecule has 1 atom stereocenters. The van der Waals surface area contributed by atoms with Gasteiger partial charge in [-0.1, -0.05) is 42.5 Å². The summed E-state index contributed by atoms with van der Waals surface area (Å²) in [5.74, 6) is 1.79. The van der Waals surface area contributed by atoms with Gasteiger partial charge in [0.1, 0.15) is 11.5 Å². The number of oxazole rings is 1. The Labute approximate surface area is 175 Å². The summed E-state index contributed by atoms with van der Waals surface area (Å²) in [5.41, 5.74) is 4.03. The minimum Gasteiger partial charge on any atom is -0.445 e. The molecule has 30 heavy (non-hydrogen) atoms. The zero-order valence-corrected chi connectivity index (χ0v) is 17.1. The fourth-order valence-corrected chi connectivity index (χ4v) is 4.35. The van der Waals surface area contributed by atoms with Gasteiger partial charge in [-0.3, -0.25) is 4.79 Å². The van der Waals surface area contributed by atoms with E-state index in [9.17, 15) is 4.79 Å². The van der Waals surface area contributed by atoms with Crippen molar-refractivity contribution in [1.82, 2.24) is 14.9 Å². The summed E-state index contributed by atoms with van der Waals surface area (Å²) in [6, 6.07) is 18.3. The maximum absolute atomic E-state index is 13.1. The Morgan fingerprint density at radius 3 is 2.90 bits per heavy atom. The van der Waals surface area contributed by atoms with Gasteiger partial charge in [0, 0.05) is 30.4 Å². The molecule has 1 saturated heterocycles. The first-order valence-corrected chi connectivity index (χ1v) is 10.5. The molecule has 4 aromatic rings. The van der Waals surface area contributed by atoms with Gasteiger partial charge in [-0.05, 0) is 43.0 Å². The van der Waals surface area contributed by atoms with Crippen LogP contribution < -0.4 is 0 Å². The molecule has 5 nitrogen and oxygen atoms in total. The SMILES string of the molecule is Cc1cccc2[nH]c(C(=O)N3CCCC(c4ncc(Cc5ccccc5)o4)C3)cc12. The van der Waals surface area contributed by atoms with Crippen molar-refractivity contribution < 1.29 is 9.21 Å². The molecule has 0 saturated carbocycles. The highest BCUT2D eigenvalue weighted by molar-refractivity contribution is 5.98. The molecule has 1 aliphatic heterocycles. The predicted molar refractivity (Wildman–Crippen MR) is 117 cm³/mol. The van der Waals surface area contributed by atoms with Crippen molar-refractivity contribution in [3.8, 4) is 0 Å². The van der Waals surface area contributed by atoms with Crippen LogP contribution in [0.25, 0.3) is 10.9 Å². The quantitative estimate of drug-likeness (QED) is 0.521. The molecule has 0 bridgehead atoms. The number of fused-ring (bicyclic) bond motifs is 1. The van der Waals surface area contributed by atoms with Gasteiger partial charge in [0.2, 0.25) is 0 Å². The molecule has 1 amide bonds. The molecule has 0 spiro atoms. The highest BCUT2D eigenvalue weighted by Crippen LogP contribution is 2.29. The van der Waals surface area contributed by atoms with Crippen LogP contribution in [0.15, 0.2) is 65.2 Å². The molecule has 2 aromatic carbocycles. The average molecular weight is 399 g/mol. The number of piperidine rings is 1. The molecule has 1 fully saturated rings. The van der Waals surface area contributed by atoms with E-state index >= 15 is 0 Å². The highest BCUT2D eigenvalue weighted by Gasteiger charge is 2.29. The van der Waals surface area contributed by atoms with E-state index in [1.165, 1.54) is 11.1 Å². The van der Waals surface area contributed by atoms with Crippen LogP contribution in [0.2, 0.25) is 0 Å². The maximum atomic E-state index is 13.1. The number of H-pyrrole nitrogens is 1. The lowest BCUT2D eigenvalue weighted by atomic mass is 9.97. The molecule has 1 N–H and O–H groups in total. The minimum atomic E-state index is 0.0476. The van der Waals surface area contributed by atoms with E-state index in [1.807, 2.05) is 47.5 Å². The number of hydrogen-bond donors (Lipinski definition) is 1. The van der Waals surface area contributed by atoms with E-state index in [4.69, 9.17) is 4.42 Å². The predicted octanol–water partition coefficient (Wildman–Crippen LogP) is 5.07. The van der Waals surface area contributed by atoms with Crippen molar-refractivity contribution in [3.63, 3.8) is 0 Å². The molecule has 5 heteroatoms. The normalized spacial score (nSPS) is 16.8. The second-order valence-corrected chi connectivity index (χ2v) is 8.14. The number of aromatic nitrogens is 2. The molecule has 0 aliphatic carbocycles. The third kappa shape index (κ3) is 3.63. The third-order valence-corrected chi connectivity index (χ3v) is 5.96. The molecule has 1 aliphatic rings.